The van der Waals surface area contributed by atoms with Crippen molar-refractivity contribution in [2.45, 2.75) is 19.1 Å². The molecule has 5 heteroatoms. The van der Waals surface area contributed by atoms with E-state index in [9.17, 15) is 9.36 Å². The van der Waals surface area contributed by atoms with Gasteiger partial charge in [0.1, 0.15) is 0 Å². The highest BCUT2D eigenvalue weighted by atomic mass is 31.1. The summed E-state index contributed by atoms with van der Waals surface area (Å²) >= 11 is 0. The summed E-state index contributed by atoms with van der Waals surface area (Å²) in [6.45, 7) is 1.43. The van der Waals surface area contributed by atoms with Crippen molar-refractivity contribution in [3.05, 3.63) is 0 Å². The molecule has 1 fully saturated rings. The van der Waals surface area contributed by atoms with Gasteiger partial charge in [-0.3, -0.25) is 4.79 Å². The number of esters is 1. The number of ether oxygens (including phenoxy) is 1. The third kappa shape index (κ3) is 2.05. The van der Waals surface area contributed by atoms with Crippen molar-refractivity contribution in [3.63, 3.8) is 0 Å². The van der Waals surface area contributed by atoms with Gasteiger partial charge in [-0.2, -0.15) is 0 Å². The minimum atomic E-state index is -1.66. The highest BCUT2D eigenvalue weighted by molar-refractivity contribution is 7.38. The molecule has 0 bridgehead atoms. The lowest BCUT2D eigenvalue weighted by Gasteiger charge is -1.97. The molecule has 0 radical (unpaired) electrons. The molecule has 0 aromatic rings. The van der Waals surface area contributed by atoms with Crippen LogP contribution in [0.4, 0.5) is 0 Å². The van der Waals surface area contributed by atoms with Crippen LogP contribution >= 0.6 is 8.03 Å². The lowest BCUT2D eigenvalue weighted by molar-refractivity contribution is -0.150. The number of rotatable bonds is 2. The SMILES string of the molecule is C[P+](=O)OC1CCC(=O)O1. The summed E-state index contributed by atoms with van der Waals surface area (Å²) in [6.07, 6.45) is 0.322. The van der Waals surface area contributed by atoms with Crippen LogP contribution in [0.3, 0.4) is 0 Å². The van der Waals surface area contributed by atoms with Gasteiger partial charge < -0.3 is 4.74 Å². The first-order valence-electron chi connectivity index (χ1n) is 2.95. The van der Waals surface area contributed by atoms with Gasteiger partial charge >= 0.3 is 14.0 Å². The highest BCUT2D eigenvalue weighted by Crippen LogP contribution is 2.25. The van der Waals surface area contributed by atoms with Gasteiger partial charge in [-0.1, -0.05) is 0 Å². The average Bonchev–Trinajstić information content (AvgIpc) is 2.13. The average molecular weight is 163 g/mol. The third-order valence-corrected chi connectivity index (χ3v) is 1.65. The lowest BCUT2D eigenvalue weighted by Crippen LogP contribution is -2.06. The first-order chi connectivity index (χ1) is 4.68. The van der Waals surface area contributed by atoms with Crippen molar-refractivity contribution >= 4 is 14.0 Å². The molecule has 2 atom stereocenters. The van der Waals surface area contributed by atoms with Crippen LogP contribution in [0.5, 0.6) is 0 Å². The minimum absolute atomic E-state index is 0.276. The van der Waals surface area contributed by atoms with E-state index in [-0.39, 0.29) is 5.97 Å². The van der Waals surface area contributed by atoms with E-state index in [0.29, 0.717) is 12.8 Å². The number of hydrogen-bond donors (Lipinski definition) is 0. The molecule has 1 saturated heterocycles. The summed E-state index contributed by atoms with van der Waals surface area (Å²) in [5.41, 5.74) is 0. The van der Waals surface area contributed by atoms with E-state index in [4.69, 9.17) is 4.52 Å². The van der Waals surface area contributed by atoms with Crippen molar-refractivity contribution in [2.75, 3.05) is 6.66 Å². The van der Waals surface area contributed by atoms with E-state index >= 15 is 0 Å². The van der Waals surface area contributed by atoms with Gasteiger partial charge in [-0.25, -0.2) is 0 Å². The highest BCUT2D eigenvalue weighted by Gasteiger charge is 2.29. The molecule has 1 heterocycles. The fourth-order valence-corrected chi connectivity index (χ4v) is 1.22. The molecule has 0 spiro atoms. The van der Waals surface area contributed by atoms with E-state index in [0.717, 1.165) is 0 Å². The molecule has 0 aromatic carbocycles. The van der Waals surface area contributed by atoms with E-state index in [1.807, 2.05) is 0 Å². The van der Waals surface area contributed by atoms with Gasteiger partial charge in [0.15, 0.2) is 6.66 Å². The molecule has 1 aliphatic heterocycles. The minimum Gasteiger partial charge on any atom is -0.431 e. The van der Waals surface area contributed by atoms with E-state index < -0.39 is 14.3 Å². The topological polar surface area (TPSA) is 52.6 Å². The van der Waals surface area contributed by atoms with Crippen LogP contribution in [-0.4, -0.2) is 18.9 Å². The van der Waals surface area contributed by atoms with E-state index in [1.54, 1.807) is 0 Å². The second-order valence-corrected chi connectivity index (χ2v) is 3.09. The normalized spacial score (nSPS) is 26.3. The fraction of sp³-hybridized carbons (Fsp3) is 0.800. The molecule has 1 aliphatic rings. The number of hydrogen-bond acceptors (Lipinski definition) is 4. The molecule has 10 heavy (non-hydrogen) atoms. The maximum Gasteiger partial charge on any atom is 0.508 e. The molecule has 1 rings (SSSR count). The Labute approximate surface area is 59.4 Å². The van der Waals surface area contributed by atoms with Crippen LogP contribution in [0.1, 0.15) is 12.8 Å². The Bertz CT molecular complexity index is 167. The second kappa shape index (κ2) is 3.08. The molecule has 0 aliphatic carbocycles. The Morgan fingerprint density at radius 3 is 2.90 bits per heavy atom. The van der Waals surface area contributed by atoms with Crippen LogP contribution in [0.15, 0.2) is 0 Å². The Morgan fingerprint density at radius 1 is 1.80 bits per heavy atom. The van der Waals surface area contributed by atoms with Crippen LogP contribution in [0.25, 0.3) is 0 Å². The van der Waals surface area contributed by atoms with Gasteiger partial charge in [0.05, 0.1) is 6.42 Å². The summed E-state index contributed by atoms with van der Waals surface area (Å²) in [4.78, 5) is 10.4. The van der Waals surface area contributed by atoms with Gasteiger partial charge in [-0.05, 0) is 4.57 Å². The first-order valence-corrected chi connectivity index (χ1v) is 4.58. The second-order valence-electron chi connectivity index (χ2n) is 2.00. The van der Waals surface area contributed by atoms with Crippen molar-refractivity contribution in [2.24, 2.45) is 0 Å². The maximum atomic E-state index is 10.4. The monoisotopic (exact) mass is 163 g/mol. The Balaban J connectivity index is 2.31. The molecular formula is C5H8O4P+. The zero-order chi connectivity index (χ0) is 7.56. The smallest absolute Gasteiger partial charge is 0.431 e. The van der Waals surface area contributed by atoms with Gasteiger partial charge in [0, 0.05) is 6.42 Å². The van der Waals surface area contributed by atoms with Crippen molar-refractivity contribution in [1.29, 1.82) is 0 Å². The van der Waals surface area contributed by atoms with Crippen LogP contribution < -0.4 is 0 Å². The predicted octanol–water partition coefficient (Wildman–Crippen LogP) is 1.04. The quantitative estimate of drug-likeness (QED) is 0.450. The summed E-state index contributed by atoms with van der Waals surface area (Å²) in [6, 6.07) is 0. The van der Waals surface area contributed by atoms with Crippen molar-refractivity contribution in [3.8, 4) is 0 Å². The summed E-state index contributed by atoms with van der Waals surface area (Å²) < 4.78 is 19.8. The zero-order valence-corrected chi connectivity index (χ0v) is 6.47. The van der Waals surface area contributed by atoms with Gasteiger partial charge in [0.25, 0.3) is 6.29 Å². The molecule has 2 unspecified atom stereocenters. The molecule has 56 valence electrons. The van der Waals surface area contributed by atoms with E-state index in [1.165, 1.54) is 6.66 Å². The summed E-state index contributed by atoms with van der Waals surface area (Å²) in [5, 5.41) is 0. The van der Waals surface area contributed by atoms with Gasteiger partial charge in [-0.15, -0.1) is 4.52 Å². The number of carbonyl (C=O) groups excluding carboxylic acids is 1. The van der Waals surface area contributed by atoms with Crippen LogP contribution in [-0.2, 0) is 18.6 Å². The van der Waals surface area contributed by atoms with E-state index in [2.05, 4.69) is 4.74 Å². The molecule has 0 N–H and O–H groups in total. The Hall–Kier alpha value is -0.470. The zero-order valence-electron chi connectivity index (χ0n) is 5.57. The Kier molecular flexibility index (Phi) is 2.35. The third-order valence-electron chi connectivity index (χ3n) is 1.11. The number of carbonyl (C=O) groups is 1. The van der Waals surface area contributed by atoms with Crippen molar-refractivity contribution in [1.82, 2.24) is 0 Å². The fourth-order valence-electron chi connectivity index (χ4n) is 0.740. The molecule has 0 aromatic heterocycles. The Morgan fingerprint density at radius 2 is 2.50 bits per heavy atom. The van der Waals surface area contributed by atoms with Crippen LogP contribution in [0, 0.1) is 0 Å². The number of cyclic esters (lactones) is 1. The largest absolute Gasteiger partial charge is 0.508 e. The lowest BCUT2D eigenvalue weighted by atomic mass is 10.4. The standard InChI is InChI=1S/C5H8O4P/c1-10(7)9-5-3-2-4(6)8-5/h5H,2-3H2,1H3/q+1. The molecule has 0 saturated carbocycles. The molecular weight excluding hydrogens is 155 g/mol. The van der Waals surface area contributed by atoms with Crippen LogP contribution in [0.2, 0.25) is 0 Å². The summed E-state index contributed by atoms with van der Waals surface area (Å²) in [7, 11) is -1.66. The van der Waals surface area contributed by atoms with Crippen molar-refractivity contribution < 1.29 is 18.6 Å². The predicted molar refractivity (Wildman–Crippen MR) is 33.7 cm³/mol. The first kappa shape index (κ1) is 7.63. The summed E-state index contributed by atoms with van der Waals surface area (Å²) in [5.74, 6) is -0.276. The van der Waals surface area contributed by atoms with Gasteiger partial charge in [0.2, 0.25) is 0 Å². The maximum absolute atomic E-state index is 10.4. The molecule has 0 amide bonds. The molecule has 4 nitrogen and oxygen atoms in total.